The number of hydrogen-bond donors (Lipinski definition) is 0. The quantitative estimate of drug-likeness (QED) is 0.497. The molecule has 1 rings (SSSR count). The minimum Gasteiger partial charge on any atom is -0.430 e. The Bertz CT molecular complexity index is 218. The second-order valence-electron chi connectivity index (χ2n) is 2.87. The smallest absolute Gasteiger partial charge is 0.430 e. The van der Waals surface area contributed by atoms with Crippen LogP contribution in [-0.2, 0) is 9.47 Å². The van der Waals surface area contributed by atoms with E-state index in [0.29, 0.717) is 0 Å². The van der Waals surface area contributed by atoms with Gasteiger partial charge in [0.05, 0.1) is 0 Å². The van der Waals surface area contributed by atoms with Crippen molar-refractivity contribution in [3.63, 3.8) is 0 Å². The molecule has 0 bridgehead atoms. The van der Waals surface area contributed by atoms with Gasteiger partial charge in [0.1, 0.15) is 12.4 Å². The van der Waals surface area contributed by atoms with Gasteiger partial charge in [-0.15, -0.1) is 0 Å². The number of allylic oxidation sites excluding steroid dienone is 2. The van der Waals surface area contributed by atoms with E-state index in [1.54, 1.807) is 0 Å². The zero-order valence-corrected chi connectivity index (χ0v) is 7.62. The third kappa shape index (κ3) is 3.78. The molecule has 0 aliphatic heterocycles. The van der Waals surface area contributed by atoms with E-state index in [0.717, 1.165) is 25.0 Å². The molecule has 3 heteroatoms. The summed E-state index contributed by atoms with van der Waals surface area (Å²) in [4.78, 5) is 10.9. The first-order valence-corrected chi connectivity index (χ1v) is 4.47. The van der Waals surface area contributed by atoms with Crippen molar-refractivity contribution < 1.29 is 14.3 Å². The summed E-state index contributed by atoms with van der Waals surface area (Å²) in [5, 5.41) is 0. The van der Waals surface area contributed by atoms with E-state index in [1.807, 2.05) is 6.08 Å². The average Bonchev–Trinajstić information content (AvgIpc) is 2.16. The van der Waals surface area contributed by atoms with E-state index in [9.17, 15) is 4.79 Å². The lowest BCUT2D eigenvalue weighted by molar-refractivity contribution is 0.0830. The van der Waals surface area contributed by atoms with Gasteiger partial charge in [-0.2, -0.15) is 0 Å². The Balaban J connectivity index is 2.26. The van der Waals surface area contributed by atoms with Crippen molar-refractivity contribution in [1.29, 1.82) is 0 Å². The Morgan fingerprint density at radius 3 is 3.08 bits per heavy atom. The second kappa shape index (κ2) is 5.41. The van der Waals surface area contributed by atoms with Gasteiger partial charge < -0.3 is 9.47 Å². The molecule has 1 aliphatic carbocycles. The Morgan fingerprint density at radius 2 is 2.46 bits per heavy atom. The highest BCUT2D eigenvalue weighted by molar-refractivity contribution is 5.61. The summed E-state index contributed by atoms with van der Waals surface area (Å²) in [6, 6.07) is 0. The molecule has 3 nitrogen and oxygen atoms in total. The Labute approximate surface area is 78.0 Å². The lowest BCUT2D eigenvalue weighted by atomic mass is 10.1. The summed E-state index contributed by atoms with van der Waals surface area (Å²) in [5.41, 5.74) is 0. The molecule has 0 saturated carbocycles. The topological polar surface area (TPSA) is 35.5 Å². The zero-order chi connectivity index (χ0) is 9.52. The monoisotopic (exact) mass is 182 g/mol. The Morgan fingerprint density at radius 1 is 1.62 bits per heavy atom. The van der Waals surface area contributed by atoms with E-state index in [1.165, 1.54) is 12.5 Å². The summed E-state index contributed by atoms with van der Waals surface area (Å²) in [6.07, 6.45) is 6.91. The van der Waals surface area contributed by atoms with Gasteiger partial charge in [-0.1, -0.05) is 12.7 Å². The summed E-state index contributed by atoms with van der Waals surface area (Å²) in [7, 11) is 0. The van der Waals surface area contributed by atoms with Crippen LogP contribution in [-0.4, -0.2) is 12.8 Å². The molecule has 0 fully saturated rings. The molecule has 0 N–H and O–H groups in total. The fraction of sp³-hybridized carbons (Fsp3) is 0.500. The molecule has 0 saturated heterocycles. The average molecular weight is 182 g/mol. The van der Waals surface area contributed by atoms with Crippen LogP contribution in [0.25, 0.3) is 0 Å². The van der Waals surface area contributed by atoms with Gasteiger partial charge >= 0.3 is 6.16 Å². The molecule has 0 aromatic heterocycles. The van der Waals surface area contributed by atoms with Crippen LogP contribution in [0.5, 0.6) is 0 Å². The van der Waals surface area contributed by atoms with E-state index in [-0.39, 0.29) is 6.61 Å². The van der Waals surface area contributed by atoms with E-state index >= 15 is 0 Å². The minimum absolute atomic E-state index is 0.201. The predicted molar refractivity (Wildman–Crippen MR) is 49.2 cm³/mol. The molecular weight excluding hydrogens is 168 g/mol. The molecular formula is C10H14O3. The van der Waals surface area contributed by atoms with Crippen LogP contribution < -0.4 is 0 Å². The maximum atomic E-state index is 10.9. The van der Waals surface area contributed by atoms with Crippen LogP contribution in [0.2, 0.25) is 0 Å². The third-order valence-electron chi connectivity index (χ3n) is 1.78. The predicted octanol–water partition coefficient (Wildman–Crippen LogP) is 2.78. The molecule has 0 atom stereocenters. The van der Waals surface area contributed by atoms with Crippen LogP contribution in [0.15, 0.2) is 24.5 Å². The standard InChI is InChI=1S/C10H14O3/c1-2-8-12-10(11)13-9-6-4-3-5-7-9/h2,6H,1,3-5,7-8H2. The Kier molecular flexibility index (Phi) is 4.09. The second-order valence-corrected chi connectivity index (χ2v) is 2.87. The molecule has 0 unspecified atom stereocenters. The minimum atomic E-state index is -0.631. The van der Waals surface area contributed by atoms with Gasteiger partial charge in [0.25, 0.3) is 0 Å². The molecule has 0 aromatic carbocycles. The first-order valence-electron chi connectivity index (χ1n) is 4.47. The van der Waals surface area contributed by atoms with Gasteiger partial charge in [0.2, 0.25) is 0 Å². The molecule has 0 radical (unpaired) electrons. The molecule has 72 valence electrons. The van der Waals surface area contributed by atoms with Gasteiger partial charge in [0.15, 0.2) is 0 Å². The van der Waals surface area contributed by atoms with Crippen LogP contribution in [0.4, 0.5) is 4.79 Å². The largest absolute Gasteiger partial charge is 0.513 e. The number of hydrogen-bond acceptors (Lipinski definition) is 3. The van der Waals surface area contributed by atoms with Crippen molar-refractivity contribution in [2.24, 2.45) is 0 Å². The summed E-state index contributed by atoms with van der Waals surface area (Å²) < 4.78 is 9.62. The van der Waals surface area contributed by atoms with E-state index in [4.69, 9.17) is 4.74 Å². The fourth-order valence-electron chi connectivity index (χ4n) is 1.16. The number of ether oxygens (including phenoxy) is 2. The molecule has 0 heterocycles. The van der Waals surface area contributed by atoms with Gasteiger partial charge in [-0.05, 0) is 25.3 Å². The summed E-state index contributed by atoms with van der Waals surface area (Å²) >= 11 is 0. The normalized spacial score (nSPS) is 15.8. The van der Waals surface area contributed by atoms with Crippen LogP contribution in [0.3, 0.4) is 0 Å². The fourth-order valence-corrected chi connectivity index (χ4v) is 1.16. The molecule has 0 aromatic rings. The lowest BCUT2D eigenvalue weighted by Gasteiger charge is -2.11. The van der Waals surface area contributed by atoms with Crippen molar-refractivity contribution in [2.75, 3.05) is 6.61 Å². The first kappa shape index (κ1) is 9.84. The highest BCUT2D eigenvalue weighted by Gasteiger charge is 2.09. The molecule has 0 spiro atoms. The Hall–Kier alpha value is -1.25. The van der Waals surface area contributed by atoms with Crippen molar-refractivity contribution >= 4 is 6.16 Å². The first-order chi connectivity index (χ1) is 6.33. The molecule has 13 heavy (non-hydrogen) atoms. The van der Waals surface area contributed by atoms with Crippen molar-refractivity contribution in [1.82, 2.24) is 0 Å². The van der Waals surface area contributed by atoms with E-state index < -0.39 is 6.16 Å². The molecule has 0 amide bonds. The highest BCUT2D eigenvalue weighted by atomic mass is 16.7. The summed E-state index contributed by atoms with van der Waals surface area (Å²) in [5.74, 6) is 0.736. The van der Waals surface area contributed by atoms with Crippen LogP contribution >= 0.6 is 0 Å². The lowest BCUT2D eigenvalue weighted by Crippen LogP contribution is -2.08. The highest BCUT2D eigenvalue weighted by Crippen LogP contribution is 2.18. The zero-order valence-electron chi connectivity index (χ0n) is 7.62. The third-order valence-corrected chi connectivity index (χ3v) is 1.78. The van der Waals surface area contributed by atoms with Gasteiger partial charge in [-0.3, -0.25) is 0 Å². The number of carbonyl (C=O) groups is 1. The maximum absolute atomic E-state index is 10.9. The maximum Gasteiger partial charge on any atom is 0.513 e. The van der Waals surface area contributed by atoms with Crippen LogP contribution in [0.1, 0.15) is 25.7 Å². The number of carbonyl (C=O) groups excluding carboxylic acids is 1. The van der Waals surface area contributed by atoms with Crippen molar-refractivity contribution in [3.05, 3.63) is 24.5 Å². The molecule has 1 aliphatic rings. The van der Waals surface area contributed by atoms with Crippen molar-refractivity contribution in [2.45, 2.75) is 25.7 Å². The van der Waals surface area contributed by atoms with Crippen molar-refractivity contribution in [3.8, 4) is 0 Å². The number of rotatable bonds is 3. The van der Waals surface area contributed by atoms with Crippen LogP contribution in [0, 0.1) is 0 Å². The van der Waals surface area contributed by atoms with Gasteiger partial charge in [0, 0.05) is 6.42 Å². The SMILES string of the molecule is C=CCOC(=O)OC1=CCCCC1. The van der Waals surface area contributed by atoms with E-state index in [2.05, 4.69) is 11.3 Å². The van der Waals surface area contributed by atoms with Gasteiger partial charge in [-0.25, -0.2) is 4.79 Å². The summed E-state index contributed by atoms with van der Waals surface area (Å²) in [6.45, 7) is 3.63.